The molecule has 0 radical (unpaired) electrons. The van der Waals surface area contributed by atoms with E-state index in [-0.39, 0.29) is 0 Å². The second kappa shape index (κ2) is 7.52. The summed E-state index contributed by atoms with van der Waals surface area (Å²) in [4.78, 5) is 0. The first-order valence-corrected chi connectivity index (χ1v) is 7.34. The van der Waals surface area contributed by atoms with Crippen LogP contribution in [0.25, 0.3) is 0 Å². The fourth-order valence-electron chi connectivity index (χ4n) is 2.70. The predicted octanol–water partition coefficient (Wildman–Crippen LogP) is 2.37. The summed E-state index contributed by atoms with van der Waals surface area (Å²) >= 11 is 0. The Hall–Kier alpha value is -1.46. The maximum Gasteiger partial charge on any atom is 0.203 e. The van der Waals surface area contributed by atoms with Gasteiger partial charge in [0, 0.05) is 24.8 Å². The fraction of sp³-hybridized carbons (Fsp3) is 0.625. The molecule has 0 amide bonds. The third kappa shape index (κ3) is 3.60. The molecule has 1 saturated heterocycles. The van der Waals surface area contributed by atoms with E-state index in [0.29, 0.717) is 35.9 Å². The first-order chi connectivity index (χ1) is 10.2. The van der Waals surface area contributed by atoms with Crippen LogP contribution in [-0.2, 0) is 11.3 Å². The molecule has 1 heterocycles. The lowest BCUT2D eigenvalue weighted by Gasteiger charge is -2.21. The van der Waals surface area contributed by atoms with E-state index in [9.17, 15) is 0 Å². The summed E-state index contributed by atoms with van der Waals surface area (Å²) in [6.07, 6.45) is 2.57. The number of nitrogens with one attached hydrogen (secondary N) is 1. The molecule has 2 rings (SSSR count). The van der Waals surface area contributed by atoms with E-state index in [1.807, 2.05) is 12.1 Å². The Balaban J connectivity index is 2.08. The second-order valence-corrected chi connectivity index (χ2v) is 5.21. The second-order valence-electron chi connectivity index (χ2n) is 5.21. The molecule has 2 unspecified atom stereocenters. The highest BCUT2D eigenvalue weighted by molar-refractivity contribution is 5.55. The van der Waals surface area contributed by atoms with Gasteiger partial charge >= 0.3 is 0 Å². The van der Waals surface area contributed by atoms with E-state index in [2.05, 4.69) is 12.2 Å². The molecule has 2 atom stereocenters. The Morgan fingerprint density at radius 3 is 2.52 bits per heavy atom. The van der Waals surface area contributed by atoms with E-state index in [1.54, 1.807) is 21.3 Å². The van der Waals surface area contributed by atoms with Crippen molar-refractivity contribution in [1.82, 2.24) is 5.32 Å². The van der Waals surface area contributed by atoms with Crippen LogP contribution in [0.15, 0.2) is 12.1 Å². The van der Waals surface area contributed by atoms with Gasteiger partial charge in [0.2, 0.25) is 5.75 Å². The highest BCUT2D eigenvalue weighted by atomic mass is 16.5. The van der Waals surface area contributed by atoms with Crippen molar-refractivity contribution in [3.63, 3.8) is 0 Å². The highest BCUT2D eigenvalue weighted by Gasteiger charge is 2.23. The van der Waals surface area contributed by atoms with Crippen LogP contribution in [0.3, 0.4) is 0 Å². The zero-order valence-electron chi connectivity index (χ0n) is 13.3. The molecule has 1 fully saturated rings. The van der Waals surface area contributed by atoms with Crippen molar-refractivity contribution >= 4 is 0 Å². The van der Waals surface area contributed by atoms with Crippen molar-refractivity contribution in [3.05, 3.63) is 17.7 Å². The number of hydrogen-bond donors (Lipinski definition) is 1. The summed E-state index contributed by atoms with van der Waals surface area (Å²) in [6, 6.07) is 4.20. The topological polar surface area (TPSA) is 49.0 Å². The summed E-state index contributed by atoms with van der Waals surface area (Å²) in [5.74, 6) is 2.01. The first kappa shape index (κ1) is 15.9. The maximum absolute atomic E-state index is 5.70. The van der Waals surface area contributed by atoms with Gasteiger partial charge in [0.25, 0.3) is 0 Å². The molecule has 1 aliphatic rings. The van der Waals surface area contributed by atoms with Gasteiger partial charge < -0.3 is 24.3 Å². The third-order valence-electron chi connectivity index (χ3n) is 3.92. The quantitative estimate of drug-likeness (QED) is 0.837. The predicted molar refractivity (Wildman–Crippen MR) is 81.4 cm³/mol. The maximum atomic E-state index is 5.70. The smallest absolute Gasteiger partial charge is 0.203 e. The van der Waals surface area contributed by atoms with Crippen LogP contribution >= 0.6 is 0 Å². The van der Waals surface area contributed by atoms with Gasteiger partial charge in [-0.15, -0.1) is 0 Å². The van der Waals surface area contributed by atoms with Crippen LogP contribution in [0.2, 0.25) is 0 Å². The number of methoxy groups -OCH3 is 3. The molecule has 0 spiro atoms. The molecule has 1 N–H and O–H groups in total. The molecule has 1 aromatic rings. The van der Waals surface area contributed by atoms with Gasteiger partial charge in [0.05, 0.1) is 27.4 Å². The van der Waals surface area contributed by atoms with E-state index in [1.165, 1.54) is 0 Å². The SMILES string of the molecule is COc1ccc(CNC(C)C2CCCO2)c(OC)c1OC. The van der Waals surface area contributed by atoms with Crippen LogP contribution in [-0.4, -0.2) is 40.1 Å². The summed E-state index contributed by atoms with van der Waals surface area (Å²) in [6.45, 7) is 3.73. The van der Waals surface area contributed by atoms with Crippen LogP contribution in [0.1, 0.15) is 25.3 Å². The van der Waals surface area contributed by atoms with Gasteiger partial charge in [-0.1, -0.05) is 6.07 Å². The minimum atomic E-state index is 0.302. The van der Waals surface area contributed by atoms with Crippen molar-refractivity contribution in [2.24, 2.45) is 0 Å². The van der Waals surface area contributed by atoms with Crippen molar-refractivity contribution in [2.75, 3.05) is 27.9 Å². The van der Waals surface area contributed by atoms with E-state index in [0.717, 1.165) is 25.0 Å². The Bertz CT molecular complexity index is 458. The molecule has 5 heteroatoms. The summed E-state index contributed by atoms with van der Waals surface area (Å²) in [7, 11) is 4.88. The molecular weight excluding hydrogens is 270 g/mol. The number of hydrogen-bond acceptors (Lipinski definition) is 5. The lowest BCUT2D eigenvalue weighted by molar-refractivity contribution is 0.0831. The molecule has 1 aliphatic heterocycles. The van der Waals surface area contributed by atoms with Gasteiger partial charge in [0.15, 0.2) is 11.5 Å². The molecule has 118 valence electrons. The average molecular weight is 295 g/mol. The van der Waals surface area contributed by atoms with E-state index < -0.39 is 0 Å². The largest absolute Gasteiger partial charge is 0.493 e. The number of ether oxygens (including phenoxy) is 4. The molecular formula is C16H25NO4. The molecule has 0 aliphatic carbocycles. The normalized spacial score (nSPS) is 19.3. The van der Waals surface area contributed by atoms with Crippen LogP contribution in [0.5, 0.6) is 17.2 Å². The van der Waals surface area contributed by atoms with Crippen molar-refractivity contribution in [1.29, 1.82) is 0 Å². The van der Waals surface area contributed by atoms with Crippen molar-refractivity contribution < 1.29 is 18.9 Å². The van der Waals surface area contributed by atoms with Crippen LogP contribution < -0.4 is 19.5 Å². The number of benzene rings is 1. The average Bonchev–Trinajstić information content (AvgIpc) is 3.05. The van der Waals surface area contributed by atoms with Crippen LogP contribution in [0.4, 0.5) is 0 Å². The zero-order chi connectivity index (χ0) is 15.2. The Labute approximate surface area is 126 Å². The highest BCUT2D eigenvalue weighted by Crippen LogP contribution is 2.39. The minimum Gasteiger partial charge on any atom is -0.493 e. The van der Waals surface area contributed by atoms with Crippen molar-refractivity contribution in [2.45, 2.75) is 38.5 Å². The van der Waals surface area contributed by atoms with E-state index in [4.69, 9.17) is 18.9 Å². The molecule has 1 aromatic carbocycles. The van der Waals surface area contributed by atoms with E-state index >= 15 is 0 Å². The molecule has 5 nitrogen and oxygen atoms in total. The molecule has 21 heavy (non-hydrogen) atoms. The third-order valence-corrected chi connectivity index (χ3v) is 3.92. The van der Waals surface area contributed by atoms with Gasteiger partial charge in [-0.05, 0) is 25.8 Å². The van der Waals surface area contributed by atoms with Gasteiger partial charge in [-0.25, -0.2) is 0 Å². The standard InChI is InChI=1S/C16H25NO4/c1-11(13-6-5-9-21-13)17-10-12-7-8-14(18-2)16(20-4)15(12)19-3/h7-8,11,13,17H,5-6,9-10H2,1-4H3. The van der Waals surface area contributed by atoms with Gasteiger partial charge in [-0.2, -0.15) is 0 Å². The number of rotatable bonds is 7. The minimum absolute atomic E-state index is 0.302. The lowest BCUT2D eigenvalue weighted by Crippen LogP contribution is -2.36. The van der Waals surface area contributed by atoms with Crippen LogP contribution in [0, 0.1) is 0 Å². The lowest BCUT2D eigenvalue weighted by atomic mass is 10.1. The monoisotopic (exact) mass is 295 g/mol. The molecule has 0 bridgehead atoms. The Kier molecular flexibility index (Phi) is 5.70. The summed E-state index contributed by atoms with van der Waals surface area (Å²) in [5, 5.41) is 3.50. The first-order valence-electron chi connectivity index (χ1n) is 7.34. The Morgan fingerprint density at radius 1 is 1.19 bits per heavy atom. The van der Waals surface area contributed by atoms with Gasteiger partial charge in [-0.3, -0.25) is 0 Å². The summed E-state index contributed by atoms with van der Waals surface area (Å²) in [5.41, 5.74) is 1.04. The van der Waals surface area contributed by atoms with Crippen molar-refractivity contribution in [3.8, 4) is 17.2 Å². The summed E-state index contributed by atoms with van der Waals surface area (Å²) < 4.78 is 21.9. The molecule has 0 saturated carbocycles. The fourth-order valence-corrected chi connectivity index (χ4v) is 2.70. The molecule has 0 aromatic heterocycles. The van der Waals surface area contributed by atoms with Gasteiger partial charge in [0.1, 0.15) is 0 Å². The zero-order valence-corrected chi connectivity index (χ0v) is 13.3. The Morgan fingerprint density at radius 2 is 1.95 bits per heavy atom.